The van der Waals surface area contributed by atoms with Gasteiger partial charge in [-0.05, 0) is 48.4 Å². The van der Waals surface area contributed by atoms with Crippen LogP contribution in [0.25, 0.3) is 5.76 Å². The summed E-state index contributed by atoms with van der Waals surface area (Å²) in [5.41, 5.74) is 0.971. The van der Waals surface area contributed by atoms with E-state index in [1.807, 2.05) is 0 Å². The van der Waals surface area contributed by atoms with Gasteiger partial charge < -0.3 is 19.2 Å². The summed E-state index contributed by atoms with van der Waals surface area (Å²) in [5, 5.41) is 11.0. The molecule has 6 nitrogen and oxygen atoms in total. The standard InChI is InChI=1S/C24H20FNO5/c1-14-8-9-16(12-19(14)25)22(27)20-21(15-5-3-6-17(11-15)30-2)26(24(29)23(20)28)13-18-7-4-10-31-18/h3-12,21,27H,13H2,1-2H3/b22-20+. The lowest BCUT2D eigenvalue weighted by Gasteiger charge is -2.24. The molecular formula is C24H20FNO5. The first-order valence-electron chi connectivity index (χ1n) is 9.62. The number of rotatable bonds is 5. The highest BCUT2D eigenvalue weighted by molar-refractivity contribution is 6.46. The Morgan fingerprint density at radius 3 is 2.65 bits per heavy atom. The van der Waals surface area contributed by atoms with E-state index in [-0.39, 0.29) is 17.7 Å². The van der Waals surface area contributed by atoms with Gasteiger partial charge in [-0.15, -0.1) is 0 Å². The number of likely N-dealkylation sites (tertiary alicyclic amines) is 1. The molecule has 158 valence electrons. The highest BCUT2D eigenvalue weighted by Crippen LogP contribution is 2.41. The van der Waals surface area contributed by atoms with E-state index in [1.165, 1.54) is 30.4 Å². The molecule has 0 spiro atoms. The third-order valence-electron chi connectivity index (χ3n) is 5.30. The number of carbonyl (C=O) groups excluding carboxylic acids is 2. The summed E-state index contributed by atoms with van der Waals surface area (Å²) in [6.07, 6.45) is 1.47. The molecular weight excluding hydrogens is 401 g/mol. The number of hydrogen-bond donors (Lipinski definition) is 1. The van der Waals surface area contributed by atoms with Crippen molar-refractivity contribution in [1.29, 1.82) is 0 Å². The number of amides is 1. The summed E-state index contributed by atoms with van der Waals surface area (Å²) >= 11 is 0. The normalized spacial score (nSPS) is 17.9. The summed E-state index contributed by atoms with van der Waals surface area (Å²) < 4.78 is 24.8. The van der Waals surface area contributed by atoms with Gasteiger partial charge >= 0.3 is 0 Å². The lowest BCUT2D eigenvalue weighted by atomic mass is 9.94. The third-order valence-corrected chi connectivity index (χ3v) is 5.30. The van der Waals surface area contributed by atoms with Crippen molar-refractivity contribution in [3.05, 3.63) is 94.7 Å². The topological polar surface area (TPSA) is 80.0 Å². The molecule has 1 saturated heterocycles. The van der Waals surface area contributed by atoms with Gasteiger partial charge in [0.05, 0.1) is 31.5 Å². The van der Waals surface area contributed by atoms with Crippen LogP contribution in [0.5, 0.6) is 5.75 Å². The number of benzene rings is 2. The minimum absolute atomic E-state index is 0.0263. The summed E-state index contributed by atoms with van der Waals surface area (Å²) in [4.78, 5) is 27.2. The maximum Gasteiger partial charge on any atom is 0.296 e. The fraction of sp³-hybridized carbons (Fsp3) is 0.167. The predicted molar refractivity (Wildman–Crippen MR) is 111 cm³/mol. The average Bonchev–Trinajstić information content (AvgIpc) is 3.37. The molecule has 2 aromatic carbocycles. The van der Waals surface area contributed by atoms with E-state index in [9.17, 15) is 19.1 Å². The molecule has 1 fully saturated rings. The molecule has 31 heavy (non-hydrogen) atoms. The number of ether oxygens (including phenoxy) is 1. The zero-order valence-corrected chi connectivity index (χ0v) is 17.0. The highest BCUT2D eigenvalue weighted by Gasteiger charge is 2.46. The van der Waals surface area contributed by atoms with Gasteiger partial charge in [-0.1, -0.05) is 24.3 Å². The fourth-order valence-electron chi connectivity index (χ4n) is 3.67. The van der Waals surface area contributed by atoms with E-state index in [0.717, 1.165) is 6.07 Å². The maximum absolute atomic E-state index is 14.1. The van der Waals surface area contributed by atoms with Crippen molar-refractivity contribution in [2.24, 2.45) is 0 Å². The number of halogens is 1. The Balaban J connectivity index is 1.89. The van der Waals surface area contributed by atoms with E-state index in [1.54, 1.807) is 43.3 Å². The van der Waals surface area contributed by atoms with E-state index in [0.29, 0.717) is 22.6 Å². The maximum atomic E-state index is 14.1. The Morgan fingerprint density at radius 2 is 1.97 bits per heavy atom. The van der Waals surface area contributed by atoms with Crippen molar-refractivity contribution in [1.82, 2.24) is 4.90 Å². The molecule has 1 aliphatic rings. The lowest BCUT2D eigenvalue weighted by Crippen LogP contribution is -2.29. The number of aliphatic hydroxyl groups excluding tert-OH is 1. The van der Waals surface area contributed by atoms with Crippen molar-refractivity contribution in [3.8, 4) is 5.75 Å². The number of nitrogens with zero attached hydrogens (tertiary/aromatic N) is 1. The van der Waals surface area contributed by atoms with Gasteiger partial charge in [0.25, 0.3) is 11.7 Å². The molecule has 0 aliphatic carbocycles. The molecule has 0 bridgehead atoms. The van der Waals surface area contributed by atoms with Crippen molar-refractivity contribution in [2.45, 2.75) is 19.5 Å². The van der Waals surface area contributed by atoms with Crippen LogP contribution in [0.2, 0.25) is 0 Å². The quantitative estimate of drug-likeness (QED) is 0.376. The lowest BCUT2D eigenvalue weighted by molar-refractivity contribution is -0.140. The SMILES string of the molecule is COc1cccc(C2/C(=C(\O)c3ccc(C)c(F)c3)C(=O)C(=O)N2Cc2ccco2)c1. The molecule has 4 rings (SSSR count). The molecule has 1 aliphatic heterocycles. The molecule has 3 aromatic rings. The van der Waals surface area contributed by atoms with E-state index in [4.69, 9.17) is 9.15 Å². The molecule has 1 amide bonds. The summed E-state index contributed by atoms with van der Waals surface area (Å²) in [7, 11) is 1.51. The van der Waals surface area contributed by atoms with E-state index >= 15 is 0 Å². The van der Waals surface area contributed by atoms with Gasteiger partial charge in [-0.2, -0.15) is 0 Å². The van der Waals surface area contributed by atoms with Gasteiger partial charge in [0.2, 0.25) is 0 Å². The van der Waals surface area contributed by atoms with Crippen LogP contribution in [0.4, 0.5) is 4.39 Å². The highest BCUT2D eigenvalue weighted by atomic mass is 19.1. The Bertz CT molecular complexity index is 1180. The van der Waals surface area contributed by atoms with Gasteiger partial charge in [0, 0.05) is 5.56 Å². The number of aryl methyl sites for hydroxylation is 1. The molecule has 7 heteroatoms. The molecule has 1 unspecified atom stereocenters. The number of ketones is 1. The predicted octanol–water partition coefficient (Wildman–Crippen LogP) is 4.36. The Morgan fingerprint density at radius 1 is 1.16 bits per heavy atom. The number of hydrogen-bond acceptors (Lipinski definition) is 5. The minimum atomic E-state index is -0.899. The monoisotopic (exact) mass is 421 g/mol. The second-order valence-electron chi connectivity index (χ2n) is 7.25. The van der Waals surface area contributed by atoms with Crippen molar-refractivity contribution in [3.63, 3.8) is 0 Å². The van der Waals surface area contributed by atoms with Crippen LogP contribution in [0.1, 0.15) is 28.5 Å². The van der Waals surface area contributed by atoms with Crippen LogP contribution in [0, 0.1) is 12.7 Å². The Labute approximate surface area is 178 Å². The van der Waals surface area contributed by atoms with Crippen molar-refractivity contribution in [2.75, 3.05) is 7.11 Å². The van der Waals surface area contributed by atoms with E-state index in [2.05, 4.69) is 0 Å². The largest absolute Gasteiger partial charge is 0.507 e. The summed E-state index contributed by atoms with van der Waals surface area (Å²) in [6.45, 7) is 1.62. The van der Waals surface area contributed by atoms with Crippen LogP contribution in [-0.2, 0) is 16.1 Å². The summed E-state index contributed by atoms with van der Waals surface area (Å²) in [5.74, 6) is -1.58. The smallest absolute Gasteiger partial charge is 0.296 e. The number of Topliss-reactive ketones (excluding diaryl/α,β-unsaturated/α-hetero) is 1. The average molecular weight is 421 g/mol. The third kappa shape index (κ3) is 3.70. The fourth-order valence-corrected chi connectivity index (χ4v) is 3.67. The Hall–Kier alpha value is -3.87. The number of methoxy groups -OCH3 is 1. The van der Waals surface area contributed by atoms with Crippen LogP contribution in [0.3, 0.4) is 0 Å². The minimum Gasteiger partial charge on any atom is -0.507 e. The zero-order chi connectivity index (χ0) is 22.1. The number of furan rings is 1. The zero-order valence-electron chi connectivity index (χ0n) is 17.0. The van der Waals surface area contributed by atoms with Crippen molar-refractivity contribution < 1.29 is 28.2 Å². The first-order valence-corrected chi connectivity index (χ1v) is 9.62. The molecule has 0 saturated carbocycles. The molecule has 2 heterocycles. The first kappa shape index (κ1) is 20.4. The van der Waals surface area contributed by atoms with Gasteiger partial charge in [-0.25, -0.2) is 4.39 Å². The summed E-state index contributed by atoms with van der Waals surface area (Å²) in [6, 6.07) is 13.5. The second kappa shape index (κ2) is 8.10. The van der Waals surface area contributed by atoms with Crippen LogP contribution >= 0.6 is 0 Å². The van der Waals surface area contributed by atoms with Crippen LogP contribution < -0.4 is 4.74 Å². The first-order chi connectivity index (χ1) is 14.9. The van der Waals surface area contributed by atoms with Gasteiger partial charge in [-0.3, -0.25) is 9.59 Å². The number of aliphatic hydroxyl groups is 1. The molecule has 1 N–H and O–H groups in total. The second-order valence-corrected chi connectivity index (χ2v) is 7.25. The van der Waals surface area contributed by atoms with Gasteiger partial charge in [0.1, 0.15) is 23.1 Å². The van der Waals surface area contributed by atoms with Gasteiger partial charge in [0.15, 0.2) is 0 Å². The Kier molecular flexibility index (Phi) is 5.33. The number of carbonyl (C=O) groups is 2. The van der Waals surface area contributed by atoms with E-state index < -0.39 is 29.3 Å². The molecule has 1 atom stereocenters. The molecule has 1 aromatic heterocycles. The van der Waals surface area contributed by atoms with Crippen LogP contribution in [0.15, 0.2) is 70.9 Å². The molecule has 0 radical (unpaired) electrons. The van der Waals surface area contributed by atoms with Crippen LogP contribution in [-0.4, -0.2) is 28.8 Å². The van der Waals surface area contributed by atoms with Crippen molar-refractivity contribution >= 4 is 17.4 Å².